The summed E-state index contributed by atoms with van der Waals surface area (Å²) in [5.74, 6) is 2.34. The van der Waals surface area contributed by atoms with Gasteiger partial charge < -0.3 is 20.9 Å². The van der Waals surface area contributed by atoms with Crippen LogP contribution in [0.3, 0.4) is 0 Å². The van der Waals surface area contributed by atoms with Gasteiger partial charge in [-0.1, -0.05) is 25.7 Å². The van der Waals surface area contributed by atoms with Crippen LogP contribution in [0.2, 0.25) is 0 Å². The quantitative estimate of drug-likeness (QED) is 0.806. The van der Waals surface area contributed by atoms with Crippen molar-refractivity contribution in [3.8, 4) is 0 Å². The van der Waals surface area contributed by atoms with Crippen molar-refractivity contribution in [1.82, 2.24) is 0 Å². The Morgan fingerprint density at radius 1 is 0.895 bits per heavy atom. The zero-order chi connectivity index (χ0) is 14.7. The van der Waals surface area contributed by atoms with Crippen LogP contribution in [0, 0.1) is 11.8 Å². The van der Waals surface area contributed by atoms with E-state index in [0.717, 1.165) is 0 Å². The molecule has 0 heterocycles. The molecule has 6 heteroatoms. The van der Waals surface area contributed by atoms with E-state index in [1.807, 2.05) is 0 Å². The van der Waals surface area contributed by atoms with Gasteiger partial charge in [0.25, 0.3) is 0 Å². The summed E-state index contributed by atoms with van der Waals surface area (Å²) >= 11 is 0. The second-order valence-electron chi connectivity index (χ2n) is 4.63. The van der Waals surface area contributed by atoms with Crippen LogP contribution in [0.25, 0.3) is 0 Å². The summed E-state index contributed by atoms with van der Waals surface area (Å²) in [6.45, 7) is 4.11. The van der Waals surface area contributed by atoms with Gasteiger partial charge in [-0.2, -0.15) is 0 Å². The predicted molar refractivity (Wildman–Crippen MR) is 72.5 cm³/mol. The molecule has 0 saturated heterocycles. The number of amides is 2. The Kier molecular flexibility index (Phi) is 9.66. The highest BCUT2D eigenvalue weighted by Crippen LogP contribution is 2.43. The first-order valence-electron chi connectivity index (χ1n) is 6.83. The first kappa shape index (κ1) is 17.5. The Morgan fingerprint density at radius 2 is 1.21 bits per heavy atom. The van der Waals surface area contributed by atoms with Crippen LogP contribution < -0.4 is 11.5 Å². The maximum absolute atomic E-state index is 9.60. The van der Waals surface area contributed by atoms with Gasteiger partial charge in [-0.15, -0.1) is 0 Å². The lowest BCUT2D eigenvalue weighted by Gasteiger charge is -2.05. The Balaban J connectivity index is 0.000000258. The molecule has 4 N–H and O–H groups in total. The van der Waals surface area contributed by atoms with Gasteiger partial charge >= 0.3 is 12.2 Å². The molecule has 0 spiro atoms. The lowest BCUT2D eigenvalue weighted by molar-refractivity contribution is 0.162. The molecule has 2 bridgehead atoms. The normalized spacial score (nSPS) is 22.4. The highest BCUT2D eigenvalue weighted by Gasteiger charge is 2.30. The van der Waals surface area contributed by atoms with Crippen molar-refractivity contribution in [3.63, 3.8) is 0 Å². The summed E-state index contributed by atoms with van der Waals surface area (Å²) in [6.07, 6.45) is 6.40. The number of fused-ring (bicyclic) bond motifs is 2. The topological polar surface area (TPSA) is 105 Å². The highest BCUT2D eigenvalue weighted by atomic mass is 16.5. The molecule has 0 aromatic carbocycles. The zero-order valence-corrected chi connectivity index (χ0v) is 11.9. The molecule has 2 saturated carbocycles. The van der Waals surface area contributed by atoms with Crippen LogP contribution in [0.15, 0.2) is 0 Å². The smallest absolute Gasteiger partial charge is 0.404 e. The number of ether oxygens (including phenoxy) is 2. The molecule has 2 rings (SSSR count). The van der Waals surface area contributed by atoms with Crippen LogP contribution in [-0.2, 0) is 9.47 Å². The third kappa shape index (κ3) is 10.2. The van der Waals surface area contributed by atoms with Gasteiger partial charge in [-0.25, -0.2) is 9.59 Å². The number of hydrogen-bond acceptors (Lipinski definition) is 4. The van der Waals surface area contributed by atoms with Crippen molar-refractivity contribution >= 4 is 12.2 Å². The fraction of sp³-hybridized carbons (Fsp3) is 0.846. The lowest BCUT2D eigenvalue weighted by atomic mass is 10.0. The summed E-state index contributed by atoms with van der Waals surface area (Å²) in [5, 5.41) is 0. The molecule has 0 aromatic rings. The van der Waals surface area contributed by atoms with Crippen molar-refractivity contribution in [1.29, 1.82) is 0 Å². The molecule has 6 nitrogen and oxygen atoms in total. The molecule has 0 radical (unpaired) electrons. The van der Waals surface area contributed by atoms with E-state index in [4.69, 9.17) is 0 Å². The third-order valence-electron chi connectivity index (χ3n) is 3.21. The maximum Gasteiger partial charge on any atom is 0.404 e. The van der Waals surface area contributed by atoms with Crippen molar-refractivity contribution in [2.75, 3.05) is 13.2 Å². The summed E-state index contributed by atoms with van der Waals surface area (Å²) in [4.78, 5) is 19.2. The number of nitrogens with two attached hydrogens (primary N) is 2. The molecule has 2 aliphatic carbocycles. The molecule has 0 unspecified atom stereocenters. The van der Waals surface area contributed by atoms with Gasteiger partial charge in [0.1, 0.15) is 0 Å². The van der Waals surface area contributed by atoms with Gasteiger partial charge in [0, 0.05) is 0 Å². The molecular formula is C13H26N2O4. The standard InChI is InChI=1S/C7H12.2C3H7NO2/c1-2-7-4-3-6(1)5-7;2*1-2-6-3(4)5/h6-7H,1-5H2;2*2H2,1H3,(H2,4,5). The fourth-order valence-corrected chi connectivity index (χ4v) is 2.46. The Labute approximate surface area is 114 Å². The van der Waals surface area contributed by atoms with Gasteiger partial charge in [0.15, 0.2) is 0 Å². The van der Waals surface area contributed by atoms with Crippen molar-refractivity contribution < 1.29 is 19.1 Å². The van der Waals surface area contributed by atoms with E-state index in [1.54, 1.807) is 46.0 Å². The predicted octanol–water partition coefficient (Wildman–Crippen LogP) is 2.40. The van der Waals surface area contributed by atoms with Crippen LogP contribution in [0.1, 0.15) is 46.0 Å². The SMILES string of the molecule is C1CC2CCC1C2.CCOC(N)=O.CCOC(N)=O. The van der Waals surface area contributed by atoms with Gasteiger partial charge in [0.2, 0.25) is 0 Å². The summed E-state index contributed by atoms with van der Waals surface area (Å²) in [5.41, 5.74) is 9.08. The third-order valence-corrected chi connectivity index (χ3v) is 3.21. The van der Waals surface area contributed by atoms with Crippen LogP contribution in [-0.4, -0.2) is 25.4 Å². The van der Waals surface area contributed by atoms with Gasteiger partial charge in [-0.05, 0) is 32.1 Å². The molecule has 0 atom stereocenters. The van der Waals surface area contributed by atoms with E-state index in [1.165, 1.54) is 11.8 Å². The number of rotatable bonds is 2. The number of primary amides is 2. The minimum Gasteiger partial charge on any atom is -0.450 e. The molecule has 0 aromatic heterocycles. The molecule has 19 heavy (non-hydrogen) atoms. The van der Waals surface area contributed by atoms with Crippen molar-refractivity contribution in [2.24, 2.45) is 23.3 Å². The summed E-state index contributed by atoms with van der Waals surface area (Å²) < 4.78 is 8.36. The Morgan fingerprint density at radius 3 is 1.26 bits per heavy atom. The van der Waals surface area contributed by atoms with Crippen LogP contribution in [0.5, 0.6) is 0 Å². The molecule has 2 aliphatic rings. The summed E-state index contributed by atoms with van der Waals surface area (Å²) in [6, 6.07) is 0. The molecular weight excluding hydrogens is 248 g/mol. The Bertz CT molecular complexity index is 237. The van der Waals surface area contributed by atoms with Crippen LogP contribution >= 0.6 is 0 Å². The number of carbonyl (C=O) groups is 2. The molecule has 2 fully saturated rings. The van der Waals surface area contributed by atoms with Crippen LogP contribution in [0.4, 0.5) is 9.59 Å². The van der Waals surface area contributed by atoms with E-state index in [9.17, 15) is 9.59 Å². The maximum atomic E-state index is 9.60. The highest BCUT2D eigenvalue weighted by molar-refractivity contribution is 5.64. The summed E-state index contributed by atoms with van der Waals surface area (Å²) in [7, 11) is 0. The van der Waals surface area contributed by atoms with Gasteiger partial charge in [0.05, 0.1) is 13.2 Å². The van der Waals surface area contributed by atoms with E-state index < -0.39 is 12.2 Å². The van der Waals surface area contributed by atoms with Crippen molar-refractivity contribution in [3.05, 3.63) is 0 Å². The van der Waals surface area contributed by atoms with E-state index in [-0.39, 0.29) is 0 Å². The average molecular weight is 274 g/mol. The second kappa shape index (κ2) is 10.5. The average Bonchev–Trinajstić information content (AvgIpc) is 2.94. The molecule has 112 valence electrons. The fourth-order valence-electron chi connectivity index (χ4n) is 2.46. The van der Waals surface area contributed by atoms with E-state index in [2.05, 4.69) is 20.9 Å². The largest absolute Gasteiger partial charge is 0.450 e. The minimum absolute atomic E-state index is 0.356. The lowest BCUT2D eigenvalue weighted by Crippen LogP contribution is -2.11. The first-order chi connectivity index (χ1) is 8.99. The Hall–Kier alpha value is -1.46. The van der Waals surface area contributed by atoms with Gasteiger partial charge in [-0.3, -0.25) is 0 Å². The van der Waals surface area contributed by atoms with Crippen molar-refractivity contribution in [2.45, 2.75) is 46.0 Å². The second-order valence-corrected chi connectivity index (χ2v) is 4.63. The van der Waals surface area contributed by atoms with E-state index in [0.29, 0.717) is 13.2 Å². The monoisotopic (exact) mass is 274 g/mol. The number of carbonyl (C=O) groups excluding carboxylic acids is 2. The first-order valence-corrected chi connectivity index (χ1v) is 6.83. The molecule has 0 aliphatic heterocycles. The number of hydrogen-bond donors (Lipinski definition) is 2. The molecule has 2 amide bonds. The minimum atomic E-state index is -0.711. The zero-order valence-electron chi connectivity index (χ0n) is 11.9. The van der Waals surface area contributed by atoms with E-state index >= 15 is 0 Å².